The van der Waals surface area contributed by atoms with Crippen LogP contribution in [0.3, 0.4) is 0 Å². The molecule has 1 atom stereocenters. The molecule has 1 aromatic heterocycles. The summed E-state index contributed by atoms with van der Waals surface area (Å²) in [6, 6.07) is 13.9. The third-order valence-electron chi connectivity index (χ3n) is 4.75. The van der Waals surface area contributed by atoms with E-state index in [0.29, 0.717) is 29.4 Å². The van der Waals surface area contributed by atoms with Crippen LogP contribution in [0.5, 0.6) is 5.75 Å². The zero-order valence-corrected chi connectivity index (χ0v) is 16.9. The van der Waals surface area contributed by atoms with Crippen molar-refractivity contribution in [2.24, 2.45) is 0 Å². The second-order valence-corrected chi connectivity index (χ2v) is 6.90. The molecule has 0 radical (unpaired) electrons. The van der Waals surface area contributed by atoms with Crippen LogP contribution < -0.4 is 20.9 Å². The first-order valence-electron chi connectivity index (χ1n) is 9.64. The third kappa shape index (κ3) is 5.22. The quantitative estimate of drug-likeness (QED) is 0.521. The minimum absolute atomic E-state index is 0.0409. The van der Waals surface area contributed by atoms with E-state index in [0.717, 1.165) is 11.3 Å². The molecule has 0 spiro atoms. The second-order valence-electron chi connectivity index (χ2n) is 6.90. The predicted molar refractivity (Wildman–Crippen MR) is 113 cm³/mol. The number of nitrogens with zero attached hydrogens (tertiary/aromatic N) is 1. The number of hydrogen-bond donors (Lipinski definition) is 3. The summed E-state index contributed by atoms with van der Waals surface area (Å²) < 4.78 is 5.12. The number of aromatic amines is 1. The van der Waals surface area contributed by atoms with Crippen molar-refractivity contribution in [2.75, 3.05) is 13.7 Å². The fourth-order valence-corrected chi connectivity index (χ4v) is 3.09. The molecule has 30 heavy (non-hydrogen) atoms. The molecule has 2 aromatic carbocycles. The molecule has 8 nitrogen and oxygen atoms in total. The van der Waals surface area contributed by atoms with Crippen LogP contribution in [0.1, 0.15) is 18.2 Å². The maximum Gasteiger partial charge on any atom is 0.272 e. The number of carbonyl (C=O) groups excluding carboxylic acids is 2. The van der Waals surface area contributed by atoms with Gasteiger partial charge < -0.3 is 15.4 Å². The minimum atomic E-state index is -0.692. The van der Waals surface area contributed by atoms with E-state index in [-0.39, 0.29) is 23.8 Å². The van der Waals surface area contributed by atoms with Gasteiger partial charge in [-0.25, -0.2) is 5.10 Å². The number of fused-ring (bicyclic) bond motifs is 1. The number of methoxy groups -OCH3 is 1. The van der Waals surface area contributed by atoms with E-state index in [1.54, 1.807) is 38.3 Å². The number of ether oxygens (including phenoxy) is 1. The summed E-state index contributed by atoms with van der Waals surface area (Å²) in [6.45, 7) is 2.08. The topological polar surface area (TPSA) is 113 Å². The van der Waals surface area contributed by atoms with Gasteiger partial charge in [0.15, 0.2) is 0 Å². The van der Waals surface area contributed by atoms with E-state index in [9.17, 15) is 14.4 Å². The monoisotopic (exact) mass is 408 g/mol. The molecule has 3 N–H and O–H groups in total. The number of aromatic nitrogens is 2. The highest BCUT2D eigenvalue weighted by Crippen LogP contribution is 2.13. The van der Waals surface area contributed by atoms with Gasteiger partial charge in [0.05, 0.1) is 24.6 Å². The molecule has 0 aliphatic rings. The van der Waals surface area contributed by atoms with Gasteiger partial charge in [0.2, 0.25) is 11.8 Å². The third-order valence-corrected chi connectivity index (χ3v) is 4.75. The summed E-state index contributed by atoms with van der Waals surface area (Å²) in [5.41, 5.74) is 1.22. The Morgan fingerprint density at radius 1 is 1.10 bits per heavy atom. The van der Waals surface area contributed by atoms with Gasteiger partial charge >= 0.3 is 0 Å². The van der Waals surface area contributed by atoms with Crippen LogP contribution in [-0.4, -0.2) is 41.7 Å². The van der Waals surface area contributed by atoms with Crippen LogP contribution in [-0.2, 0) is 22.4 Å². The highest BCUT2D eigenvalue weighted by molar-refractivity contribution is 5.91. The maximum atomic E-state index is 12.4. The molecule has 0 fully saturated rings. The standard InChI is InChI=1S/C22H24N4O4/c1-14(21(28)23-12-11-15-7-9-16(30-2)10-8-15)24-20(27)13-19-17-5-3-4-6-18(17)22(29)26-25-19/h3-10,14H,11-13H2,1-2H3,(H,23,28)(H,24,27)(H,26,29)/t14-/m1/s1. The average Bonchev–Trinajstić information content (AvgIpc) is 2.76. The van der Waals surface area contributed by atoms with Gasteiger partial charge in [-0.1, -0.05) is 30.3 Å². The Hall–Kier alpha value is -3.68. The number of nitrogens with one attached hydrogen (secondary N) is 3. The largest absolute Gasteiger partial charge is 0.497 e. The smallest absolute Gasteiger partial charge is 0.272 e. The van der Waals surface area contributed by atoms with Crippen molar-refractivity contribution < 1.29 is 14.3 Å². The first-order valence-corrected chi connectivity index (χ1v) is 9.64. The molecule has 0 aliphatic carbocycles. The molecule has 0 aliphatic heterocycles. The zero-order valence-electron chi connectivity index (χ0n) is 16.9. The van der Waals surface area contributed by atoms with Crippen LogP contribution >= 0.6 is 0 Å². The number of hydrogen-bond acceptors (Lipinski definition) is 5. The Kier molecular flexibility index (Phi) is 6.79. The van der Waals surface area contributed by atoms with E-state index < -0.39 is 6.04 Å². The van der Waals surface area contributed by atoms with Gasteiger partial charge in [0.25, 0.3) is 5.56 Å². The molecule has 8 heteroatoms. The first-order chi connectivity index (χ1) is 14.5. The second kappa shape index (κ2) is 9.69. The predicted octanol–water partition coefficient (Wildman–Crippen LogP) is 1.34. The summed E-state index contributed by atoms with van der Waals surface area (Å²) in [5, 5.41) is 13.0. The molecule has 0 unspecified atom stereocenters. The highest BCUT2D eigenvalue weighted by atomic mass is 16.5. The number of benzene rings is 2. The van der Waals surface area contributed by atoms with E-state index >= 15 is 0 Å². The van der Waals surface area contributed by atoms with Gasteiger partial charge in [-0.3, -0.25) is 14.4 Å². The van der Waals surface area contributed by atoms with Crippen molar-refractivity contribution in [3.8, 4) is 5.75 Å². The van der Waals surface area contributed by atoms with Crippen molar-refractivity contribution >= 4 is 22.6 Å². The van der Waals surface area contributed by atoms with Crippen LogP contribution in [0, 0.1) is 0 Å². The maximum absolute atomic E-state index is 12.4. The minimum Gasteiger partial charge on any atom is -0.497 e. The lowest BCUT2D eigenvalue weighted by Gasteiger charge is -2.14. The van der Waals surface area contributed by atoms with Gasteiger partial charge in [0, 0.05) is 11.9 Å². The molecule has 3 rings (SSSR count). The lowest BCUT2D eigenvalue weighted by molar-refractivity contribution is -0.128. The summed E-state index contributed by atoms with van der Waals surface area (Å²) >= 11 is 0. The fourth-order valence-electron chi connectivity index (χ4n) is 3.09. The van der Waals surface area contributed by atoms with E-state index in [1.165, 1.54) is 0 Å². The van der Waals surface area contributed by atoms with Crippen molar-refractivity contribution in [3.63, 3.8) is 0 Å². The molecule has 1 heterocycles. The molecule has 156 valence electrons. The van der Waals surface area contributed by atoms with Crippen molar-refractivity contribution in [1.29, 1.82) is 0 Å². The zero-order chi connectivity index (χ0) is 21.5. The summed E-state index contributed by atoms with van der Waals surface area (Å²) in [5.74, 6) is 0.164. The van der Waals surface area contributed by atoms with Crippen LogP contribution in [0.25, 0.3) is 10.8 Å². The Bertz CT molecular complexity index is 1090. The number of H-pyrrole nitrogens is 1. The van der Waals surface area contributed by atoms with Crippen molar-refractivity contribution in [2.45, 2.75) is 25.8 Å². The Morgan fingerprint density at radius 2 is 1.80 bits per heavy atom. The van der Waals surface area contributed by atoms with Crippen molar-refractivity contribution in [1.82, 2.24) is 20.8 Å². The SMILES string of the molecule is COc1ccc(CCNC(=O)[C@@H](C)NC(=O)Cc2n[nH]c(=O)c3ccccc23)cc1. The molecular formula is C22H24N4O4. The Morgan fingerprint density at radius 3 is 2.50 bits per heavy atom. The number of carbonyl (C=O) groups is 2. The number of rotatable bonds is 8. The van der Waals surface area contributed by atoms with Gasteiger partial charge in [-0.2, -0.15) is 5.10 Å². The van der Waals surface area contributed by atoms with E-state index in [2.05, 4.69) is 20.8 Å². The number of amides is 2. The van der Waals surface area contributed by atoms with Gasteiger partial charge in [-0.05, 0) is 37.1 Å². The fraction of sp³-hybridized carbons (Fsp3) is 0.273. The highest BCUT2D eigenvalue weighted by Gasteiger charge is 2.17. The van der Waals surface area contributed by atoms with Crippen LogP contribution in [0.2, 0.25) is 0 Å². The van der Waals surface area contributed by atoms with E-state index in [1.807, 2.05) is 24.3 Å². The molecule has 0 saturated heterocycles. The molecular weight excluding hydrogens is 384 g/mol. The lowest BCUT2D eigenvalue weighted by atomic mass is 10.1. The van der Waals surface area contributed by atoms with Crippen LogP contribution in [0.4, 0.5) is 0 Å². The Labute approximate surface area is 173 Å². The van der Waals surface area contributed by atoms with Gasteiger partial charge in [-0.15, -0.1) is 0 Å². The van der Waals surface area contributed by atoms with E-state index in [4.69, 9.17) is 4.74 Å². The Balaban J connectivity index is 1.50. The summed E-state index contributed by atoms with van der Waals surface area (Å²) in [6.07, 6.45) is 0.629. The molecule has 0 bridgehead atoms. The van der Waals surface area contributed by atoms with Gasteiger partial charge in [0.1, 0.15) is 11.8 Å². The van der Waals surface area contributed by atoms with Crippen LogP contribution in [0.15, 0.2) is 53.3 Å². The summed E-state index contributed by atoms with van der Waals surface area (Å²) in [7, 11) is 1.61. The lowest BCUT2D eigenvalue weighted by Crippen LogP contribution is -2.45. The molecule has 3 aromatic rings. The normalized spacial score (nSPS) is 11.7. The first kappa shape index (κ1) is 21.0. The summed E-state index contributed by atoms with van der Waals surface area (Å²) in [4.78, 5) is 36.5. The molecule has 2 amide bonds. The van der Waals surface area contributed by atoms with Crippen molar-refractivity contribution in [3.05, 3.63) is 70.1 Å². The molecule has 0 saturated carbocycles. The average molecular weight is 408 g/mol.